The van der Waals surface area contributed by atoms with Crippen LogP contribution in [0.3, 0.4) is 0 Å². The highest BCUT2D eigenvalue weighted by Gasteiger charge is 2.30. The van der Waals surface area contributed by atoms with Gasteiger partial charge in [0, 0.05) is 11.8 Å². The van der Waals surface area contributed by atoms with Crippen molar-refractivity contribution in [1.29, 1.82) is 0 Å². The molecule has 1 aromatic rings. The third kappa shape index (κ3) is 2.29. The molecule has 0 radical (unpaired) electrons. The fourth-order valence-corrected chi connectivity index (χ4v) is 2.86. The van der Waals surface area contributed by atoms with Crippen molar-refractivity contribution in [3.05, 3.63) is 23.4 Å². The van der Waals surface area contributed by atoms with Crippen LogP contribution in [0, 0.1) is 5.92 Å². The van der Waals surface area contributed by atoms with Crippen molar-refractivity contribution in [2.24, 2.45) is 5.92 Å². The van der Waals surface area contributed by atoms with Crippen LogP contribution in [0.1, 0.15) is 30.5 Å². The van der Waals surface area contributed by atoms with Gasteiger partial charge in [0.1, 0.15) is 6.10 Å². The highest BCUT2D eigenvalue weighted by atomic mass is 16.5. The van der Waals surface area contributed by atoms with E-state index < -0.39 is 0 Å². The Morgan fingerprint density at radius 2 is 2.24 bits per heavy atom. The third-order valence-electron chi connectivity index (χ3n) is 3.88. The molecular formula is C14H20N2O. The molecule has 3 nitrogen and oxygen atoms in total. The molecule has 1 N–H and O–H groups in total. The Kier molecular flexibility index (Phi) is 3.02. The summed E-state index contributed by atoms with van der Waals surface area (Å²) in [6, 6.07) is 4.23. The lowest BCUT2D eigenvalue weighted by Gasteiger charge is -2.34. The van der Waals surface area contributed by atoms with Crippen molar-refractivity contribution < 1.29 is 4.74 Å². The lowest BCUT2D eigenvalue weighted by molar-refractivity contribution is 0.0615. The SMILES string of the molecule is CNCC1CC(Oc2ccc3c(n2)CCC3)C1. The van der Waals surface area contributed by atoms with E-state index in [9.17, 15) is 0 Å². The van der Waals surface area contributed by atoms with Crippen molar-refractivity contribution in [1.82, 2.24) is 10.3 Å². The third-order valence-corrected chi connectivity index (χ3v) is 3.88. The summed E-state index contributed by atoms with van der Waals surface area (Å²) in [5.74, 6) is 1.62. The number of aromatic nitrogens is 1. The largest absolute Gasteiger partial charge is 0.474 e. The first-order valence-electron chi connectivity index (χ1n) is 6.65. The van der Waals surface area contributed by atoms with Crippen LogP contribution in [0.5, 0.6) is 5.88 Å². The smallest absolute Gasteiger partial charge is 0.213 e. The van der Waals surface area contributed by atoms with Gasteiger partial charge in [0.05, 0.1) is 0 Å². The Morgan fingerprint density at radius 3 is 3.06 bits per heavy atom. The zero-order valence-electron chi connectivity index (χ0n) is 10.4. The molecule has 0 spiro atoms. The minimum absolute atomic E-state index is 0.389. The van der Waals surface area contributed by atoms with Gasteiger partial charge in [0.2, 0.25) is 5.88 Å². The topological polar surface area (TPSA) is 34.1 Å². The Bertz CT molecular complexity index is 399. The summed E-state index contributed by atoms with van der Waals surface area (Å²) < 4.78 is 5.91. The highest BCUT2D eigenvalue weighted by molar-refractivity contribution is 5.29. The van der Waals surface area contributed by atoms with E-state index in [-0.39, 0.29) is 0 Å². The molecule has 2 aliphatic rings. The minimum atomic E-state index is 0.389. The van der Waals surface area contributed by atoms with Gasteiger partial charge >= 0.3 is 0 Å². The van der Waals surface area contributed by atoms with Crippen molar-refractivity contribution in [2.45, 2.75) is 38.2 Å². The van der Waals surface area contributed by atoms with Crippen LogP contribution < -0.4 is 10.1 Å². The summed E-state index contributed by atoms with van der Waals surface area (Å²) >= 11 is 0. The molecule has 0 aliphatic heterocycles. The first kappa shape index (κ1) is 11.0. The molecule has 3 rings (SSSR count). The fraction of sp³-hybridized carbons (Fsp3) is 0.643. The van der Waals surface area contributed by atoms with Crippen LogP contribution in [0.2, 0.25) is 0 Å². The Labute approximate surface area is 103 Å². The summed E-state index contributed by atoms with van der Waals surface area (Å²) in [6.07, 6.45) is 6.29. The van der Waals surface area contributed by atoms with E-state index in [0.717, 1.165) is 24.8 Å². The van der Waals surface area contributed by atoms with E-state index in [1.165, 1.54) is 36.9 Å². The van der Waals surface area contributed by atoms with Crippen LogP contribution in [-0.4, -0.2) is 24.7 Å². The lowest BCUT2D eigenvalue weighted by atomic mass is 9.82. The number of ether oxygens (including phenoxy) is 1. The molecule has 92 valence electrons. The second-order valence-electron chi connectivity index (χ2n) is 5.24. The molecule has 0 bridgehead atoms. The standard InChI is InChI=1S/C14H20N2O/c1-15-9-10-7-12(8-10)17-14-6-5-11-3-2-4-13(11)16-14/h5-6,10,12,15H,2-4,7-9H2,1H3. The maximum atomic E-state index is 5.91. The monoisotopic (exact) mass is 232 g/mol. The number of aryl methyl sites for hydroxylation is 2. The molecule has 0 unspecified atom stereocenters. The van der Waals surface area contributed by atoms with E-state index in [2.05, 4.69) is 16.4 Å². The second kappa shape index (κ2) is 4.65. The van der Waals surface area contributed by atoms with E-state index in [1.54, 1.807) is 0 Å². The molecule has 0 atom stereocenters. The Morgan fingerprint density at radius 1 is 1.35 bits per heavy atom. The molecule has 0 amide bonds. The van der Waals surface area contributed by atoms with Gasteiger partial charge in [-0.25, -0.2) is 4.98 Å². The van der Waals surface area contributed by atoms with Gasteiger partial charge in [-0.2, -0.15) is 0 Å². The number of fused-ring (bicyclic) bond motifs is 1. The maximum absolute atomic E-state index is 5.91. The normalized spacial score (nSPS) is 26.4. The summed E-state index contributed by atoms with van der Waals surface area (Å²) in [5, 5.41) is 3.22. The van der Waals surface area contributed by atoms with E-state index >= 15 is 0 Å². The van der Waals surface area contributed by atoms with E-state index in [4.69, 9.17) is 4.74 Å². The van der Waals surface area contributed by atoms with Crippen LogP contribution in [0.25, 0.3) is 0 Å². The van der Waals surface area contributed by atoms with Crippen molar-refractivity contribution in [3.8, 4) is 5.88 Å². The van der Waals surface area contributed by atoms with Gasteiger partial charge in [-0.1, -0.05) is 6.07 Å². The molecule has 0 aromatic carbocycles. The lowest BCUT2D eigenvalue weighted by Crippen LogP contribution is -2.38. The summed E-state index contributed by atoms with van der Waals surface area (Å²) in [6.45, 7) is 1.11. The summed E-state index contributed by atoms with van der Waals surface area (Å²) in [5.41, 5.74) is 2.67. The van der Waals surface area contributed by atoms with Gasteiger partial charge in [-0.15, -0.1) is 0 Å². The number of pyridine rings is 1. The summed E-state index contributed by atoms with van der Waals surface area (Å²) in [4.78, 5) is 4.61. The highest BCUT2D eigenvalue weighted by Crippen LogP contribution is 2.31. The number of rotatable bonds is 4. The minimum Gasteiger partial charge on any atom is -0.474 e. The molecule has 1 heterocycles. The number of nitrogens with zero attached hydrogens (tertiary/aromatic N) is 1. The van der Waals surface area contributed by atoms with Gasteiger partial charge in [-0.3, -0.25) is 0 Å². The molecule has 1 saturated carbocycles. The molecule has 1 fully saturated rings. The van der Waals surface area contributed by atoms with E-state index in [1.807, 2.05) is 13.1 Å². The molecule has 17 heavy (non-hydrogen) atoms. The molecule has 1 aromatic heterocycles. The number of hydrogen-bond donors (Lipinski definition) is 1. The average molecular weight is 232 g/mol. The van der Waals surface area contributed by atoms with Gasteiger partial charge in [-0.05, 0) is 57.2 Å². The van der Waals surface area contributed by atoms with Gasteiger partial charge < -0.3 is 10.1 Å². The number of nitrogens with one attached hydrogen (secondary N) is 1. The molecule has 0 saturated heterocycles. The van der Waals surface area contributed by atoms with Crippen LogP contribution in [0.4, 0.5) is 0 Å². The predicted molar refractivity (Wildman–Crippen MR) is 67.3 cm³/mol. The van der Waals surface area contributed by atoms with E-state index in [0.29, 0.717) is 6.10 Å². The predicted octanol–water partition coefficient (Wildman–Crippen LogP) is 1.95. The zero-order chi connectivity index (χ0) is 11.7. The van der Waals surface area contributed by atoms with Crippen LogP contribution in [0.15, 0.2) is 12.1 Å². The van der Waals surface area contributed by atoms with Crippen molar-refractivity contribution in [3.63, 3.8) is 0 Å². The Hall–Kier alpha value is -1.09. The van der Waals surface area contributed by atoms with Gasteiger partial charge in [0.15, 0.2) is 0 Å². The summed E-state index contributed by atoms with van der Waals surface area (Å²) in [7, 11) is 2.01. The van der Waals surface area contributed by atoms with Crippen LogP contribution >= 0.6 is 0 Å². The maximum Gasteiger partial charge on any atom is 0.213 e. The Balaban J connectivity index is 1.56. The average Bonchev–Trinajstić information content (AvgIpc) is 2.73. The van der Waals surface area contributed by atoms with Gasteiger partial charge in [0.25, 0.3) is 0 Å². The second-order valence-corrected chi connectivity index (χ2v) is 5.24. The first-order chi connectivity index (χ1) is 8.35. The zero-order valence-corrected chi connectivity index (χ0v) is 10.4. The molecule has 3 heteroatoms. The molecule has 2 aliphatic carbocycles. The van der Waals surface area contributed by atoms with Crippen molar-refractivity contribution in [2.75, 3.05) is 13.6 Å². The fourth-order valence-electron chi connectivity index (χ4n) is 2.86. The number of hydrogen-bond acceptors (Lipinski definition) is 3. The van der Waals surface area contributed by atoms with Crippen molar-refractivity contribution >= 4 is 0 Å². The molecular weight excluding hydrogens is 212 g/mol. The first-order valence-corrected chi connectivity index (χ1v) is 6.65. The quantitative estimate of drug-likeness (QED) is 0.861. The van der Waals surface area contributed by atoms with Crippen LogP contribution in [-0.2, 0) is 12.8 Å².